The van der Waals surface area contributed by atoms with Crippen LogP contribution in [0.4, 0.5) is 13.2 Å². The molecule has 0 bridgehead atoms. The second kappa shape index (κ2) is 8.11. The van der Waals surface area contributed by atoms with Crippen molar-refractivity contribution in [2.75, 3.05) is 6.61 Å². The van der Waals surface area contributed by atoms with Crippen LogP contribution < -0.4 is 10.1 Å². The number of ether oxygens (including phenoxy) is 1. The summed E-state index contributed by atoms with van der Waals surface area (Å²) in [5.74, 6) is -0.778. The molecule has 0 aliphatic carbocycles. The van der Waals surface area contributed by atoms with Crippen LogP contribution in [0.15, 0.2) is 18.2 Å². The van der Waals surface area contributed by atoms with E-state index in [9.17, 15) is 13.2 Å². The summed E-state index contributed by atoms with van der Waals surface area (Å²) in [4.78, 5) is 0. The Kier molecular flexibility index (Phi) is 6.81. The van der Waals surface area contributed by atoms with Gasteiger partial charge in [0.05, 0.1) is 0 Å². The van der Waals surface area contributed by atoms with Crippen LogP contribution in [0.1, 0.15) is 38.3 Å². The van der Waals surface area contributed by atoms with Crippen molar-refractivity contribution in [1.82, 2.24) is 5.32 Å². The van der Waals surface area contributed by atoms with Gasteiger partial charge < -0.3 is 15.2 Å². The molecule has 2 unspecified atom stereocenters. The Bertz CT molecular complexity index is 415. The summed E-state index contributed by atoms with van der Waals surface area (Å²) in [7, 11) is 0. The number of hydrogen-bond acceptors (Lipinski definition) is 3. The first kappa shape index (κ1) is 16.8. The van der Waals surface area contributed by atoms with E-state index in [1.807, 2.05) is 6.92 Å². The standard InChI is InChI=1S/C14H20F3NO2/c1-9(4-3-7-19)18-10(2)12-6-5-11(15)8-13(12)20-14(16)17/h5-6,8-10,14,18-19H,3-4,7H2,1-2H3. The molecule has 6 heteroatoms. The lowest BCUT2D eigenvalue weighted by Gasteiger charge is -2.22. The first-order valence-corrected chi connectivity index (χ1v) is 6.55. The molecule has 3 nitrogen and oxygen atoms in total. The second-order valence-electron chi connectivity index (χ2n) is 4.72. The van der Waals surface area contributed by atoms with Gasteiger partial charge in [0, 0.05) is 30.3 Å². The van der Waals surface area contributed by atoms with E-state index in [0.29, 0.717) is 12.0 Å². The van der Waals surface area contributed by atoms with Crippen LogP contribution in [0, 0.1) is 5.82 Å². The normalized spacial score (nSPS) is 14.3. The van der Waals surface area contributed by atoms with Crippen molar-refractivity contribution in [2.45, 2.75) is 45.4 Å². The van der Waals surface area contributed by atoms with Gasteiger partial charge in [-0.15, -0.1) is 0 Å². The molecule has 0 spiro atoms. The van der Waals surface area contributed by atoms with E-state index in [-0.39, 0.29) is 24.4 Å². The van der Waals surface area contributed by atoms with Crippen molar-refractivity contribution in [1.29, 1.82) is 0 Å². The maximum absolute atomic E-state index is 13.1. The molecule has 0 heterocycles. The molecular weight excluding hydrogens is 271 g/mol. The predicted molar refractivity (Wildman–Crippen MR) is 70.4 cm³/mol. The fourth-order valence-electron chi connectivity index (χ4n) is 2.06. The third kappa shape index (κ3) is 5.38. The van der Waals surface area contributed by atoms with Crippen LogP contribution in [0.25, 0.3) is 0 Å². The van der Waals surface area contributed by atoms with Gasteiger partial charge in [-0.25, -0.2) is 4.39 Å². The van der Waals surface area contributed by atoms with Crippen LogP contribution in [0.2, 0.25) is 0 Å². The van der Waals surface area contributed by atoms with E-state index >= 15 is 0 Å². The first-order valence-electron chi connectivity index (χ1n) is 6.55. The number of aliphatic hydroxyl groups excluding tert-OH is 1. The quantitative estimate of drug-likeness (QED) is 0.772. The lowest BCUT2D eigenvalue weighted by atomic mass is 10.0. The molecule has 0 saturated carbocycles. The number of alkyl halides is 2. The number of rotatable bonds is 8. The molecule has 0 aliphatic heterocycles. The Balaban J connectivity index is 2.78. The van der Waals surface area contributed by atoms with Crippen LogP contribution in [0.3, 0.4) is 0 Å². The van der Waals surface area contributed by atoms with Crippen molar-refractivity contribution in [3.05, 3.63) is 29.6 Å². The Hall–Kier alpha value is -1.27. The summed E-state index contributed by atoms with van der Waals surface area (Å²) in [6.45, 7) is 0.843. The monoisotopic (exact) mass is 291 g/mol. The van der Waals surface area contributed by atoms with Crippen LogP contribution in [-0.2, 0) is 0 Å². The highest BCUT2D eigenvalue weighted by molar-refractivity contribution is 5.36. The van der Waals surface area contributed by atoms with Gasteiger partial charge in [-0.05, 0) is 32.8 Å². The van der Waals surface area contributed by atoms with E-state index in [0.717, 1.165) is 12.5 Å². The fourth-order valence-corrected chi connectivity index (χ4v) is 2.06. The molecule has 20 heavy (non-hydrogen) atoms. The maximum Gasteiger partial charge on any atom is 0.387 e. The number of benzene rings is 1. The summed E-state index contributed by atoms with van der Waals surface area (Å²) < 4.78 is 42.1. The van der Waals surface area contributed by atoms with E-state index in [1.54, 1.807) is 6.92 Å². The largest absolute Gasteiger partial charge is 0.434 e. The van der Waals surface area contributed by atoms with Crippen molar-refractivity contribution >= 4 is 0 Å². The molecular formula is C14H20F3NO2. The van der Waals surface area contributed by atoms with Gasteiger partial charge in [0.25, 0.3) is 0 Å². The molecule has 0 amide bonds. The second-order valence-corrected chi connectivity index (χ2v) is 4.72. The molecule has 1 aromatic carbocycles. The number of nitrogens with one attached hydrogen (secondary N) is 1. The van der Waals surface area contributed by atoms with Gasteiger partial charge in [0.1, 0.15) is 11.6 Å². The first-order chi connectivity index (χ1) is 9.43. The smallest absolute Gasteiger partial charge is 0.387 e. The minimum atomic E-state index is -2.99. The van der Waals surface area contributed by atoms with Gasteiger partial charge in [-0.3, -0.25) is 0 Å². The fraction of sp³-hybridized carbons (Fsp3) is 0.571. The van der Waals surface area contributed by atoms with Gasteiger partial charge in [0.15, 0.2) is 0 Å². The van der Waals surface area contributed by atoms with E-state index < -0.39 is 12.4 Å². The number of aliphatic hydroxyl groups is 1. The zero-order chi connectivity index (χ0) is 15.1. The van der Waals surface area contributed by atoms with E-state index in [1.165, 1.54) is 12.1 Å². The average molecular weight is 291 g/mol. The van der Waals surface area contributed by atoms with Crippen LogP contribution in [0.5, 0.6) is 5.75 Å². The highest BCUT2D eigenvalue weighted by Crippen LogP contribution is 2.28. The molecule has 114 valence electrons. The third-order valence-electron chi connectivity index (χ3n) is 2.99. The molecule has 0 aliphatic rings. The lowest BCUT2D eigenvalue weighted by Crippen LogP contribution is -2.29. The summed E-state index contributed by atoms with van der Waals surface area (Å²) in [5.41, 5.74) is 0.475. The van der Waals surface area contributed by atoms with Crippen LogP contribution >= 0.6 is 0 Å². The number of hydrogen-bond donors (Lipinski definition) is 2. The summed E-state index contributed by atoms with van der Waals surface area (Å²) in [6, 6.07) is 3.44. The molecule has 1 rings (SSSR count). The molecule has 0 radical (unpaired) electrons. The van der Waals surface area contributed by atoms with Crippen molar-refractivity contribution in [2.24, 2.45) is 0 Å². The SMILES string of the molecule is CC(CCCO)NC(C)c1ccc(F)cc1OC(F)F. The summed E-state index contributed by atoms with van der Waals surface area (Å²) in [6.07, 6.45) is 1.41. The Morgan fingerprint density at radius 1 is 1.30 bits per heavy atom. The number of halogens is 3. The third-order valence-corrected chi connectivity index (χ3v) is 2.99. The molecule has 2 atom stereocenters. The average Bonchev–Trinajstić information content (AvgIpc) is 2.35. The Morgan fingerprint density at radius 2 is 2.00 bits per heavy atom. The van der Waals surface area contributed by atoms with Gasteiger partial charge in [0.2, 0.25) is 0 Å². The van der Waals surface area contributed by atoms with Gasteiger partial charge >= 0.3 is 6.61 Å². The van der Waals surface area contributed by atoms with Gasteiger partial charge in [-0.1, -0.05) is 6.07 Å². The topological polar surface area (TPSA) is 41.5 Å². The van der Waals surface area contributed by atoms with Crippen molar-refractivity contribution in [3.63, 3.8) is 0 Å². The Morgan fingerprint density at radius 3 is 2.60 bits per heavy atom. The molecule has 0 saturated heterocycles. The zero-order valence-electron chi connectivity index (χ0n) is 11.6. The minimum Gasteiger partial charge on any atom is -0.434 e. The van der Waals surface area contributed by atoms with Crippen LogP contribution in [-0.4, -0.2) is 24.4 Å². The predicted octanol–water partition coefficient (Wildman–Crippen LogP) is 3.24. The summed E-state index contributed by atoms with van der Waals surface area (Å²) >= 11 is 0. The maximum atomic E-state index is 13.1. The minimum absolute atomic E-state index is 0.0987. The highest BCUT2D eigenvalue weighted by Gasteiger charge is 2.17. The molecule has 0 fully saturated rings. The van der Waals surface area contributed by atoms with Crippen molar-refractivity contribution < 1.29 is 23.0 Å². The van der Waals surface area contributed by atoms with Gasteiger partial charge in [-0.2, -0.15) is 8.78 Å². The van der Waals surface area contributed by atoms with Crippen molar-refractivity contribution in [3.8, 4) is 5.75 Å². The Labute approximate surface area is 116 Å². The molecule has 2 N–H and O–H groups in total. The van der Waals surface area contributed by atoms with E-state index in [4.69, 9.17) is 5.11 Å². The summed E-state index contributed by atoms with van der Waals surface area (Å²) in [5, 5.41) is 12.0. The molecule has 0 aromatic heterocycles. The van der Waals surface area contributed by atoms with E-state index in [2.05, 4.69) is 10.1 Å². The molecule has 1 aromatic rings. The zero-order valence-corrected chi connectivity index (χ0v) is 11.6. The highest BCUT2D eigenvalue weighted by atomic mass is 19.3. The lowest BCUT2D eigenvalue weighted by molar-refractivity contribution is -0.0508.